The van der Waals surface area contributed by atoms with E-state index in [1.807, 2.05) is 60.4 Å². The highest BCUT2D eigenvalue weighted by Crippen LogP contribution is 2.23. The summed E-state index contributed by atoms with van der Waals surface area (Å²) < 4.78 is 24.8. The number of amides is 1. The molecule has 0 saturated carbocycles. The van der Waals surface area contributed by atoms with Crippen molar-refractivity contribution in [2.45, 2.75) is 6.92 Å². The summed E-state index contributed by atoms with van der Waals surface area (Å²) in [7, 11) is -2.97. The molecule has 7 nitrogen and oxygen atoms in total. The van der Waals surface area contributed by atoms with E-state index in [-0.39, 0.29) is 11.7 Å². The second-order valence-electron chi connectivity index (χ2n) is 7.80. The Morgan fingerprint density at radius 3 is 2.40 bits per heavy atom. The number of aromatic nitrogens is 2. The Labute approximate surface area is 176 Å². The van der Waals surface area contributed by atoms with Crippen LogP contribution in [0.1, 0.15) is 16.2 Å². The van der Waals surface area contributed by atoms with Crippen molar-refractivity contribution < 1.29 is 13.2 Å². The molecule has 1 saturated heterocycles. The lowest BCUT2D eigenvalue weighted by molar-refractivity contribution is 0.0644. The van der Waals surface area contributed by atoms with Gasteiger partial charge >= 0.3 is 0 Å². The number of para-hydroxylation sites is 1. The van der Waals surface area contributed by atoms with Crippen molar-refractivity contribution in [2.75, 3.05) is 44.7 Å². The summed E-state index contributed by atoms with van der Waals surface area (Å²) in [5.41, 5.74) is 3.45. The van der Waals surface area contributed by atoms with E-state index in [0.717, 1.165) is 22.5 Å². The number of hydrogen-bond acceptors (Lipinski definition) is 5. The van der Waals surface area contributed by atoms with Crippen molar-refractivity contribution in [3.8, 4) is 5.69 Å². The maximum Gasteiger partial charge on any atom is 0.254 e. The Morgan fingerprint density at radius 1 is 1.03 bits per heavy atom. The van der Waals surface area contributed by atoms with Crippen molar-refractivity contribution in [1.29, 1.82) is 0 Å². The summed E-state index contributed by atoms with van der Waals surface area (Å²) >= 11 is 0. The highest BCUT2D eigenvalue weighted by molar-refractivity contribution is 7.90. The minimum atomic E-state index is -2.97. The summed E-state index contributed by atoms with van der Waals surface area (Å²) in [4.78, 5) is 21.6. The molecule has 0 unspecified atom stereocenters. The normalized spacial score (nSPS) is 15.6. The van der Waals surface area contributed by atoms with Gasteiger partial charge < -0.3 is 4.90 Å². The van der Waals surface area contributed by atoms with E-state index in [4.69, 9.17) is 0 Å². The Morgan fingerprint density at radius 2 is 1.73 bits per heavy atom. The lowest BCUT2D eigenvalue weighted by Crippen LogP contribution is -2.49. The summed E-state index contributed by atoms with van der Waals surface area (Å²) in [6.07, 6.45) is 1.25. The van der Waals surface area contributed by atoms with Gasteiger partial charge in [-0.1, -0.05) is 18.2 Å². The molecule has 1 aliphatic rings. The fourth-order valence-electron chi connectivity index (χ4n) is 3.89. The second-order valence-corrected chi connectivity index (χ2v) is 10.1. The molecule has 1 aromatic heterocycles. The average molecular weight is 427 g/mol. The molecule has 4 rings (SSSR count). The van der Waals surface area contributed by atoms with Crippen LogP contribution in [0.4, 0.5) is 0 Å². The maximum atomic E-state index is 13.0. The van der Waals surface area contributed by atoms with Crippen molar-refractivity contribution in [3.63, 3.8) is 0 Å². The van der Waals surface area contributed by atoms with E-state index >= 15 is 0 Å². The molecule has 2 aromatic carbocycles. The molecule has 1 fully saturated rings. The first-order chi connectivity index (χ1) is 14.3. The zero-order valence-electron chi connectivity index (χ0n) is 17.3. The number of fused-ring (bicyclic) bond motifs is 1. The third kappa shape index (κ3) is 4.39. The minimum Gasteiger partial charge on any atom is -0.336 e. The number of hydrogen-bond donors (Lipinski definition) is 0. The average Bonchev–Trinajstić information content (AvgIpc) is 3.07. The van der Waals surface area contributed by atoms with Crippen LogP contribution < -0.4 is 0 Å². The van der Waals surface area contributed by atoms with Gasteiger partial charge in [0.1, 0.15) is 15.7 Å². The number of rotatable bonds is 5. The quantitative estimate of drug-likeness (QED) is 0.625. The van der Waals surface area contributed by atoms with Crippen LogP contribution >= 0.6 is 0 Å². The molecule has 0 spiro atoms. The fourth-order valence-corrected chi connectivity index (χ4v) is 4.48. The molecule has 1 aliphatic heterocycles. The van der Waals surface area contributed by atoms with Crippen LogP contribution in [0, 0.1) is 6.92 Å². The van der Waals surface area contributed by atoms with Gasteiger partial charge in [0.2, 0.25) is 0 Å². The standard InChI is InChI=1S/C22H26N4O3S/c1-17-23-20-16-18(8-9-21(20)26(17)19-6-4-3-5-7-19)22(27)25-12-10-24(11-13-25)14-15-30(2,28)29/h3-9,16H,10-15H2,1-2H3. The van der Waals surface area contributed by atoms with E-state index in [9.17, 15) is 13.2 Å². The Kier molecular flexibility index (Phi) is 5.62. The molecule has 30 heavy (non-hydrogen) atoms. The minimum absolute atomic E-state index is 0.00780. The van der Waals surface area contributed by atoms with Crippen LogP contribution in [0.15, 0.2) is 48.5 Å². The zero-order chi connectivity index (χ0) is 21.3. The Balaban J connectivity index is 1.48. The number of sulfone groups is 1. The predicted octanol–water partition coefficient (Wildman–Crippen LogP) is 2.14. The fraction of sp³-hybridized carbons (Fsp3) is 0.364. The van der Waals surface area contributed by atoms with E-state index < -0.39 is 9.84 Å². The summed E-state index contributed by atoms with van der Waals surface area (Å²) in [6, 6.07) is 15.7. The van der Waals surface area contributed by atoms with E-state index in [2.05, 4.69) is 14.5 Å². The van der Waals surface area contributed by atoms with Crippen LogP contribution in [0.2, 0.25) is 0 Å². The van der Waals surface area contributed by atoms with Crippen LogP contribution in [0.3, 0.4) is 0 Å². The first-order valence-corrected chi connectivity index (χ1v) is 12.1. The summed E-state index contributed by atoms with van der Waals surface area (Å²) in [6.45, 7) is 5.04. The molecule has 0 bridgehead atoms. The van der Waals surface area contributed by atoms with Gasteiger partial charge in [-0.2, -0.15) is 0 Å². The third-order valence-corrected chi connectivity index (χ3v) is 6.45. The lowest BCUT2D eigenvalue weighted by Gasteiger charge is -2.34. The van der Waals surface area contributed by atoms with Gasteiger partial charge in [-0.25, -0.2) is 13.4 Å². The zero-order valence-corrected chi connectivity index (χ0v) is 18.1. The summed E-state index contributed by atoms with van der Waals surface area (Å²) in [5.74, 6) is 1.02. The highest BCUT2D eigenvalue weighted by atomic mass is 32.2. The number of imidazole rings is 1. The molecular weight excluding hydrogens is 400 g/mol. The second kappa shape index (κ2) is 8.20. The number of benzene rings is 2. The van der Waals surface area contributed by atoms with Crippen LogP contribution in [0.25, 0.3) is 16.7 Å². The van der Waals surface area contributed by atoms with Gasteiger partial charge in [-0.15, -0.1) is 0 Å². The summed E-state index contributed by atoms with van der Waals surface area (Å²) in [5, 5.41) is 0. The maximum absolute atomic E-state index is 13.0. The monoisotopic (exact) mass is 426 g/mol. The SMILES string of the molecule is Cc1nc2cc(C(=O)N3CCN(CCS(C)(=O)=O)CC3)ccc2n1-c1ccccc1. The van der Waals surface area contributed by atoms with Crippen LogP contribution in [-0.2, 0) is 9.84 Å². The number of piperazine rings is 1. The van der Waals surface area contributed by atoms with E-state index in [1.54, 1.807) is 0 Å². The van der Waals surface area contributed by atoms with E-state index in [1.165, 1.54) is 6.26 Å². The van der Waals surface area contributed by atoms with Gasteiger partial charge in [0.15, 0.2) is 0 Å². The highest BCUT2D eigenvalue weighted by Gasteiger charge is 2.23. The number of nitrogens with zero attached hydrogens (tertiary/aromatic N) is 4. The van der Waals surface area contributed by atoms with Crippen LogP contribution in [-0.4, -0.2) is 78.4 Å². The largest absolute Gasteiger partial charge is 0.336 e. The number of carbonyl (C=O) groups is 1. The number of aryl methyl sites for hydroxylation is 1. The van der Waals surface area contributed by atoms with Gasteiger partial charge in [-0.05, 0) is 37.3 Å². The van der Waals surface area contributed by atoms with Gasteiger partial charge in [0.25, 0.3) is 5.91 Å². The molecule has 0 atom stereocenters. The molecule has 0 aliphatic carbocycles. The molecule has 0 radical (unpaired) electrons. The molecule has 2 heterocycles. The van der Waals surface area contributed by atoms with Gasteiger partial charge in [0, 0.05) is 50.2 Å². The van der Waals surface area contributed by atoms with Crippen LogP contribution in [0.5, 0.6) is 0 Å². The third-order valence-electron chi connectivity index (χ3n) is 5.52. The smallest absolute Gasteiger partial charge is 0.254 e. The Hall–Kier alpha value is -2.71. The molecule has 3 aromatic rings. The first kappa shape index (κ1) is 20.6. The molecule has 1 amide bonds. The number of carbonyl (C=O) groups excluding carboxylic acids is 1. The van der Waals surface area contributed by atoms with E-state index in [0.29, 0.717) is 38.3 Å². The van der Waals surface area contributed by atoms with Crippen molar-refractivity contribution in [2.24, 2.45) is 0 Å². The predicted molar refractivity (Wildman–Crippen MR) is 118 cm³/mol. The molecule has 8 heteroatoms. The Bertz CT molecular complexity index is 1160. The van der Waals surface area contributed by atoms with Crippen molar-refractivity contribution >= 4 is 26.8 Å². The molecule has 0 N–H and O–H groups in total. The molecule has 158 valence electrons. The van der Waals surface area contributed by atoms with Crippen molar-refractivity contribution in [3.05, 3.63) is 59.9 Å². The van der Waals surface area contributed by atoms with Gasteiger partial charge in [0.05, 0.1) is 16.8 Å². The molecular formula is C22H26N4O3S. The first-order valence-electron chi connectivity index (χ1n) is 10.1. The lowest BCUT2D eigenvalue weighted by atomic mass is 10.1. The van der Waals surface area contributed by atoms with Gasteiger partial charge in [-0.3, -0.25) is 14.3 Å². The topological polar surface area (TPSA) is 75.5 Å². The van der Waals surface area contributed by atoms with Crippen molar-refractivity contribution in [1.82, 2.24) is 19.4 Å².